The second-order valence-corrected chi connectivity index (χ2v) is 5.37. The number of carboxylic acid groups (broad SMARTS) is 1. The average molecular weight is 288 g/mol. The van der Waals surface area contributed by atoms with Crippen molar-refractivity contribution < 1.29 is 14.7 Å². The van der Waals surface area contributed by atoms with Crippen molar-refractivity contribution in [2.45, 2.75) is 26.2 Å². The van der Waals surface area contributed by atoms with Crippen molar-refractivity contribution in [3.8, 4) is 0 Å². The van der Waals surface area contributed by atoms with Gasteiger partial charge in [-0.05, 0) is 42.9 Å². The number of amides is 1. The molecule has 1 aromatic heterocycles. The Morgan fingerprint density at radius 2 is 2.19 bits per heavy atom. The van der Waals surface area contributed by atoms with E-state index in [1.807, 2.05) is 4.90 Å². The van der Waals surface area contributed by atoms with Crippen molar-refractivity contribution in [2.24, 2.45) is 5.92 Å². The van der Waals surface area contributed by atoms with Crippen LogP contribution < -0.4 is 0 Å². The quantitative estimate of drug-likeness (QED) is 0.782. The number of rotatable bonds is 7. The van der Waals surface area contributed by atoms with Crippen LogP contribution in [0.4, 0.5) is 0 Å². The van der Waals surface area contributed by atoms with Crippen LogP contribution in [0.1, 0.15) is 42.1 Å². The van der Waals surface area contributed by atoms with E-state index in [-0.39, 0.29) is 5.91 Å². The van der Waals surface area contributed by atoms with E-state index in [2.05, 4.69) is 11.9 Å². The zero-order valence-electron chi connectivity index (χ0n) is 12.2. The number of aromatic nitrogens is 1. The Bertz CT molecular complexity index is 550. The van der Waals surface area contributed by atoms with Gasteiger partial charge in [-0.1, -0.05) is 6.92 Å². The Hall–Kier alpha value is -2.17. The van der Waals surface area contributed by atoms with E-state index in [0.717, 1.165) is 25.6 Å². The summed E-state index contributed by atoms with van der Waals surface area (Å²) in [5.41, 5.74) is 1.13. The molecule has 1 heterocycles. The van der Waals surface area contributed by atoms with Gasteiger partial charge in [0.1, 0.15) is 0 Å². The maximum absolute atomic E-state index is 12.5. The van der Waals surface area contributed by atoms with E-state index < -0.39 is 5.97 Å². The van der Waals surface area contributed by atoms with Crippen molar-refractivity contribution in [3.63, 3.8) is 0 Å². The molecule has 112 valence electrons. The molecule has 0 saturated heterocycles. The zero-order chi connectivity index (χ0) is 15.2. The molecule has 1 aliphatic carbocycles. The van der Waals surface area contributed by atoms with Gasteiger partial charge in [-0.25, -0.2) is 4.79 Å². The minimum absolute atomic E-state index is 0.0261. The van der Waals surface area contributed by atoms with Crippen LogP contribution in [0.3, 0.4) is 0 Å². The monoisotopic (exact) mass is 288 g/mol. The summed E-state index contributed by atoms with van der Waals surface area (Å²) in [5.74, 6) is -0.404. The van der Waals surface area contributed by atoms with Crippen LogP contribution in [-0.2, 0) is 4.79 Å². The zero-order valence-corrected chi connectivity index (χ0v) is 12.2. The molecular weight excluding hydrogens is 268 g/mol. The van der Waals surface area contributed by atoms with E-state index >= 15 is 0 Å². The van der Waals surface area contributed by atoms with E-state index in [0.29, 0.717) is 17.0 Å². The first-order valence-electron chi connectivity index (χ1n) is 7.25. The molecule has 1 N–H and O–H groups in total. The van der Waals surface area contributed by atoms with Gasteiger partial charge in [-0.15, -0.1) is 0 Å². The molecule has 2 rings (SSSR count). The van der Waals surface area contributed by atoms with Gasteiger partial charge in [0.25, 0.3) is 5.91 Å². The van der Waals surface area contributed by atoms with E-state index in [4.69, 9.17) is 5.11 Å². The summed E-state index contributed by atoms with van der Waals surface area (Å²) in [7, 11) is 0. The predicted molar refractivity (Wildman–Crippen MR) is 79.8 cm³/mol. The topological polar surface area (TPSA) is 70.5 Å². The van der Waals surface area contributed by atoms with E-state index in [1.54, 1.807) is 12.3 Å². The molecule has 5 heteroatoms. The highest BCUT2D eigenvalue weighted by molar-refractivity contribution is 5.94. The smallest absolute Gasteiger partial charge is 0.328 e. The Kier molecular flexibility index (Phi) is 5.09. The predicted octanol–water partition coefficient (Wildman–Crippen LogP) is 2.44. The fraction of sp³-hybridized carbons (Fsp3) is 0.438. The SMILES string of the molecule is CCCN(CC1CC1)C(=O)c1cncc(C=CC(=O)O)c1. The normalized spacial score (nSPS) is 14.3. The first-order valence-corrected chi connectivity index (χ1v) is 7.25. The Labute approximate surface area is 124 Å². The van der Waals surface area contributed by atoms with Crippen molar-refractivity contribution in [1.82, 2.24) is 9.88 Å². The highest BCUT2D eigenvalue weighted by atomic mass is 16.4. The number of hydrogen-bond donors (Lipinski definition) is 1. The fourth-order valence-electron chi connectivity index (χ4n) is 2.17. The first-order chi connectivity index (χ1) is 10.1. The van der Waals surface area contributed by atoms with Crippen molar-refractivity contribution in [3.05, 3.63) is 35.7 Å². The van der Waals surface area contributed by atoms with Gasteiger partial charge in [-0.3, -0.25) is 9.78 Å². The summed E-state index contributed by atoms with van der Waals surface area (Å²) in [6.07, 6.45) is 8.89. The summed E-state index contributed by atoms with van der Waals surface area (Å²) < 4.78 is 0. The third-order valence-corrected chi connectivity index (χ3v) is 3.38. The van der Waals surface area contributed by atoms with Crippen LogP contribution in [0.15, 0.2) is 24.5 Å². The molecule has 1 saturated carbocycles. The number of carbonyl (C=O) groups is 2. The van der Waals surface area contributed by atoms with Gasteiger partial charge < -0.3 is 10.0 Å². The molecule has 0 bridgehead atoms. The number of hydrogen-bond acceptors (Lipinski definition) is 3. The highest BCUT2D eigenvalue weighted by Crippen LogP contribution is 2.30. The fourth-order valence-corrected chi connectivity index (χ4v) is 2.17. The molecule has 5 nitrogen and oxygen atoms in total. The van der Waals surface area contributed by atoms with Crippen LogP contribution in [0.5, 0.6) is 0 Å². The maximum atomic E-state index is 12.5. The molecule has 0 aliphatic heterocycles. The molecule has 1 aromatic rings. The third kappa shape index (κ3) is 4.70. The van der Waals surface area contributed by atoms with Crippen LogP contribution in [0, 0.1) is 5.92 Å². The summed E-state index contributed by atoms with van der Waals surface area (Å²) >= 11 is 0. The number of nitrogens with zero attached hydrogens (tertiary/aromatic N) is 2. The largest absolute Gasteiger partial charge is 0.478 e. The lowest BCUT2D eigenvalue weighted by atomic mass is 10.1. The Morgan fingerprint density at radius 1 is 1.43 bits per heavy atom. The lowest BCUT2D eigenvalue weighted by Crippen LogP contribution is -2.33. The standard InChI is InChI=1S/C16H20N2O3/c1-2-7-18(11-12-3-4-12)16(21)14-8-13(9-17-10-14)5-6-15(19)20/h5-6,8-10,12H,2-4,7,11H2,1H3,(H,19,20). The Morgan fingerprint density at radius 3 is 2.81 bits per heavy atom. The first kappa shape index (κ1) is 15.2. The molecule has 1 fully saturated rings. The average Bonchev–Trinajstić information content (AvgIpc) is 3.28. The highest BCUT2D eigenvalue weighted by Gasteiger charge is 2.26. The third-order valence-electron chi connectivity index (χ3n) is 3.38. The summed E-state index contributed by atoms with van der Waals surface area (Å²) in [6.45, 7) is 3.60. The number of carbonyl (C=O) groups excluding carboxylic acids is 1. The van der Waals surface area contributed by atoms with Gasteiger partial charge in [0.15, 0.2) is 0 Å². The van der Waals surface area contributed by atoms with Crippen molar-refractivity contribution >= 4 is 18.0 Å². The molecule has 0 aromatic carbocycles. The summed E-state index contributed by atoms with van der Waals surface area (Å²) in [4.78, 5) is 29.0. The maximum Gasteiger partial charge on any atom is 0.328 e. The van der Waals surface area contributed by atoms with Gasteiger partial charge in [0.05, 0.1) is 5.56 Å². The second kappa shape index (κ2) is 7.02. The van der Waals surface area contributed by atoms with Crippen LogP contribution in [0.2, 0.25) is 0 Å². The van der Waals surface area contributed by atoms with E-state index in [1.165, 1.54) is 25.1 Å². The van der Waals surface area contributed by atoms with E-state index in [9.17, 15) is 9.59 Å². The molecular formula is C16H20N2O3. The molecule has 0 atom stereocenters. The summed E-state index contributed by atoms with van der Waals surface area (Å²) in [6, 6.07) is 1.68. The van der Waals surface area contributed by atoms with Gasteiger partial charge in [0.2, 0.25) is 0 Å². The molecule has 21 heavy (non-hydrogen) atoms. The molecule has 0 radical (unpaired) electrons. The van der Waals surface area contributed by atoms with Crippen LogP contribution >= 0.6 is 0 Å². The van der Waals surface area contributed by atoms with Crippen molar-refractivity contribution in [2.75, 3.05) is 13.1 Å². The van der Waals surface area contributed by atoms with Gasteiger partial charge in [0, 0.05) is 31.6 Å². The molecule has 0 unspecified atom stereocenters. The summed E-state index contributed by atoms with van der Waals surface area (Å²) in [5, 5.41) is 8.64. The lowest BCUT2D eigenvalue weighted by molar-refractivity contribution is -0.131. The molecule has 1 amide bonds. The number of aliphatic carboxylic acids is 1. The molecule has 0 spiro atoms. The lowest BCUT2D eigenvalue weighted by Gasteiger charge is -2.22. The van der Waals surface area contributed by atoms with Gasteiger partial charge >= 0.3 is 5.97 Å². The number of pyridine rings is 1. The molecule has 1 aliphatic rings. The minimum atomic E-state index is -1.02. The van der Waals surface area contributed by atoms with Crippen LogP contribution in [0.25, 0.3) is 6.08 Å². The van der Waals surface area contributed by atoms with Gasteiger partial charge in [-0.2, -0.15) is 0 Å². The number of carboxylic acids is 1. The van der Waals surface area contributed by atoms with Crippen molar-refractivity contribution in [1.29, 1.82) is 0 Å². The van der Waals surface area contributed by atoms with Crippen LogP contribution in [-0.4, -0.2) is 40.0 Å². The Balaban J connectivity index is 2.12. The minimum Gasteiger partial charge on any atom is -0.478 e. The second-order valence-electron chi connectivity index (χ2n) is 5.37.